The topological polar surface area (TPSA) is 35.6 Å². The minimum atomic E-state index is -0.199. The number of nitrogens with zero attached hydrogens (tertiary/aromatic N) is 2. The van der Waals surface area contributed by atoms with Crippen molar-refractivity contribution in [2.45, 2.75) is 31.8 Å². The Morgan fingerprint density at radius 1 is 1.07 bits per heavy atom. The number of hydrogen-bond acceptors (Lipinski definition) is 3. The molecule has 1 aliphatic carbocycles. The van der Waals surface area contributed by atoms with Crippen molar-refractivity contribution in [3.63, 3.8) is 0 Å². The van der Waals surface area contributed by atoms with Gasteiger partial charge in [-0.2, -0.15) is 0 Å². The highest BCUT2D eigenvalue weighted by molar-refractivity contribution is 5.82. The molecule has 29 heavy (non-hydrogen) atoms. The SMILES string of the molecule is O=C(NCC1CC1)[C@@H]1Cc2ccccc2N2CCN(Cc3ccc(F)cc3)C[C@H]12. The van der Waals surface area contributed by atoms with Crippen molar-refractivity contribution in [1.29, 1.82) is 0 Å². The van der Waals surface area contributed by atoms with Gasteiger partial charge in [-0.15, -0.1) is 0 Å². The first kappa shape index (κ1) is 18.6. The van der Waals surface area contributed by atoms with Crippen LogP contribution in [0.3, 0.4) is 0 Å². The summed E-state index contributed by atoms with van der Waals surface area (Å²) in [6.45, 7) is 4.33. The summed E-state index contributed by atoms with van der Waals surface area (Å²) < 4.78 is 13.2. The Labute approximate surface area is 171 Å². The van der Waals surface area contributed by atoms with E-state index in [1.165, 1.54) is 36.2 Å². The van der Waals surface area contributed by atoms with Crippen molar-refractivity contribution in [3.05, 3.63) is 65.5 Å². The number of para-hydroxylation sites is 1. The second-order valence-electron chi connectivity index (χ2n) is 8.75. The van der Waals surface area contributed by atoms with Crippen LogP contribution in [0.25, 0.3) is 0 Å². The van der Waals surface area contributed by atoms with Crippen LogP contribution in [0.1, 0.15) is 24.0 Å². The molecule has 4 nitrogen and oxygen atoms in total. The molecular formula is C24H28FN3O. The maximum Gasteiger partial charge on any atom is 0.225 e. The summed E-state index contributed by atoms with van der Waals surface area (Å²) in [5, 5.41) is 3.22. The maximum atomic E-state index is 13.2. The van der Waals surface area contributed by atoms with Crippen molar-refractivity contribution in [2.24, 2.45) is 11.8 Å². The smallest absolute Gasteiger partial charge is 0.225 e. The van der Waals surface area contributed by atoms with Gasteiger partial charge >= 0.3 is 0 Å². The molecule has 0 aromatic heterocycles. The zero-order valence-corrected chi connectivity index (χ0v) is 16.7. The lowest BCUT2D eigenvalue weighted by atomic mass is 9.83. The van der Waals surface area contributed by atoms with E-state index < -0.39 is 0 Å². The number of rotatable bonds is 5. The summed E-state index contributed by atoms with van der Waals surface area (Å²) >= 11 is 0. The minimum absolute atomic E-state index is 0.0281. The zero-order valence-electron chi connectivity index (χ0n) is 16.7. The summed E-state index contributed by atoms with van der Waals surface area (Å²) in [5.41, 5.74) is 3.68. The van der Waals surface area contributed by atoms with E-state index in [0.29, 0.717) is 5.92 Å². The molecule has 0 bridgehead atoms. The van der Waals surface area contributed by atoms with Gasteiger partial charge in [0.2, 0.25) is 5.91 Å². The fourth-order valence-electron chi connectivity index (χ4n) is 4.81. The highest BCUT2D eigenvalue weighted by Crippen LogP contribution is 2.36. The van der Waals surface area contributed by atoms with Crippen molar-refractivity contribution in [3.8, 4) is 0 Å². The molecule has 5 heteroatoms. The predicted octanol–water partition coefficient (Wildman–Crippen LogP) is 3.22. The van der Waals surface area contributed by atoms with E-state index in [1.54, 1.807) is 0 Å². The Morgan fingerprint density at radius 2 is 1.86 bits per heavy atom. The number of halogens is 1. The van der Waals surface area contributed by atoms with Crippen LogP contribution in [0, 0.1) is 17.7 Å². The van der Waals surface area contributed by atoms with Crippen LogP contribution < -0.4 is 10.2 Å². The number of hydrogen-bond donors (Lipinski definition) is 1. The Kier molecular flexibility index (Phi) is 5.00. The molecule has 152 valence electrons. The van der Waals surface area contributed by atoms with Gasteiger partial charge in [0.05, 0.1) is 12.0 Å². The molecule has 1 saturated heterocycles. The van der Waals surface area contributed by atoms with E-state index in [9.17, 15) is 9.18 Å². The maximum absolute atomic E-state index is 13.2. The number of benzene rings is 2. The van der Waals surface area contributed by atoms with E-state index in [4.69, 9.17) is 0 Å². The molecule has 1 amide bonds. The van der Waals surface area contributed by atoms with Crippen molar-refractivity contribution < 1.29 is 9.18 Å². The lowest BCUT2D eigenvalue weighted by molar-refractivity contribution is -0.126. The van der Waals surface area contributed by atoms with Gasteiger partial charge in [0, 0.05) is 38.4 Å². The molecule has 0 radical (unpaired) electrons. The molecule has 1 saturated carbocycles. The lowest BCUT2D eigenvalue weighted by Crippen LogP contribution is -2.61. The fraction of sp³-hybridized carbons (Fsp3) is 0.458. The first-order valence-corrected chi connectivity index (χ1v) is 10.8. The molecule has 0 spiro atoms. The molecule has 2 aliphatic heterocycles. The molecule has 2 heterocycles. The molecule has 5 rings (SSSR count). The van der Waals surface area contributed by atoms with E-state index in [0.717, 1.165) is 44.7 Å². The number of nitrogens with one attached hydrogen (secondary N) is 1. The second kappa shape index (κ2) is 7.79. The number of carbonyl (C=O) groups excluding carboxylic acids is 1. The first-order chi connectivity index (χ1) is 14.2. The third-order valence-electron chi connectivity index (χ3n) is 6.63. The number of amides is 1. The fourth-order valence-corrected chi connectivity index (χ4v) is 4.81. The van der Waals surface area contributed by atoms with Gasteiger partial charge < -0.3 is 10.2 Å². The summed E-state index contributed by atoms with van der Waals surface area (Å²) in [6.07, 6.45) is 3.29. The summed E-state index contributed by atoms with van der Waals surface area (Å²) in [4.78, 5) is 18.0. The van der Waals surface area contributed by atoms with Gasteiger partial charge in [-0.25, -0.2) is 4.39 Å². The van der Waals surface area contributed by atoms with Gasteiger partial charge in [-0.05, 0) is 54.5 Å². The van der Waals surface area contributed by atoms with E-state index >= 15 is 0 Å². The van der Waals surface area contributed by atoms with Crippen LogP contribution in [0.5, 0.6) is 0 Å². The van der Waals surface area contributed by atoms with Crippen LogP contribution >= 0.6 is 0 Å². The van der Waals surface area contributed by atoms with E-state index in [2.05, 4.69) is 39.4 Å². The molecule has 0 unspecified atom stereocenters. The van der Waals surface area contributed by atoms with Crippen LogP contribution in [-0.4, -0.2) is 43.0 Å². The van der Waals surface area contributed by atoms with Crippen LogP contribution in [0.4, 0.5) is 10.1 Å². The van der Waals surface area contributed by atoms with Gasteiger partial charge in [0.1, 0.15) is 5.82 Å². The zero-order chi connectivity index (χ0) is 19.8. The van der Waals surface area contributed by atoms with Crippen molar-refractivity contribution in [2.75, 3.05) is 31.1 Å². The molecule has 1 N–H and O–H groups in total. The average molecular weight is 394 g/mol. The number of carbonyl (C=O) groups is 1. The standard InChI is InChI=1S/C24H28FN3O/c25-20-9-7-18(8-10-20)15-27-11-12-28-22-4-2-1-3-19(22)13-21(23(28)16-27)24(29)26-14-17-5-6-17/h1-4,7-10,17,21,23H,5-6,11-16H2,(H,26,29)/t21-,23-/m1/s1. The Bertz CT molecular complexity index is 880. The Morgan fingerprint density at radius 3 is 2.66 bits per heavy atom. The number of piperazine rings is 1. The summed E-state index contributed by atoms with van der Waals surface area (Å²) in [6, 6.07) is 15.5. The third kappa shape index (κ3) is 4.01. The van der Waals surface area contributed by atoms with Gasteiger partial charge in [0.25, 0.3) is 0 Å². The van der Waals surface area contributed by atoms with E-state index in [1.807, 2.05) is 12.1 Å². The minimum Gasteiger partial charge on any atom is -0.365 e. The Balaban J connectivity index is 1.35. The van der Waals surface area contributed by atoms with Crippen LogP contribution in [0.15, 0.2) is 48.5 Å². The highest BCUT2D eigenvalue weighted by Gasteiger charge is 2.41. The predicted molar refractivity (Wildman–Crippen MR) is 112 cm³/mol. The molecule has 2 aromatic rings. The monoisotopic (exact) mass is 393 g/mol. The molecule has 2 fully saturated rings. The Hall–Kier alpha value is -2.40. The van der Waals surface area contributed by atoms with Crippen LogP contribution in [0.2, 0.25) is 0 Å². The quantitative estimate of drug-likeness (QED) is 0.847. The molecule has 3 aliphatic rings. The third-order valence-corrected chi connectivity index (χ3v) is 6.63. The lowest BCUT2D eigenvalue weighted by Gasteiger charge is -2.49. The van der Waals surface area contributed by atoms with Gasteiger partial charge in [-0.1, -0.05) is 30.3 Å². The van der Waals surface area contributed by atoms with Crippen LogP contribution in [-0.2, 0) is 17.8 Å². The summed E-state index contributed by atoms with van der Waals surface area (Å²) in [5.74, 6) is 0.659. The van der Waals surface area contributed by atoms with E-state index in [-0.39, 0.29) is 23.7 Å². The molecular weight excluding hydrogens is 365 g/mol. The second-order valence-corrected chi connectivity index (χ2v) is 8.75. The molecule has 2 aromatic carbocycles. The number of fused-ring (bicyclic) bond motifs is 3. The molecule has 2 atom stereocenters. The average Bonchev–Trinajstić information content (AvgIpc) is 3.57. The summed E-state index contributed by atoms with van der Waals surface area (Å²) in [7, 11) is 0. The number of anilines is 1. The largest absolute Gasteiger partial charge is 0.365 e. The van der Waals surface area contributed by atoms with Crippen molar-refractivity contribution in [1.82, 2.24) is 10.2 Å². The van der Waals surface area contributed by atoms with Gasteiger partial charge in [0.15, 0.2) is 0 Å². The first-order valence-electron chi connectivity index (χ1n) is 10.8. The highest BCUT2D eigenvalue weighted by atomic mass is 19.1. The van der Waals surface area contributed by atoms with Crippen molar-refractivity contribution >= 4 is 11.6 Å². The normalized spacial score (nSPS) is 24.0. The van der Waals surface area contributed by atoms with Gasteiger partial charge in [-0.3, -0.25) is 9.69 Å².